The van der Waals surface area contributed by atoms with E-state index in [4.69, 9.17) is 21.1 Å². The molecule has 3 heterocycles. The number of hydrogen-bond donors (Lipinski definition) is 0. The molecule has 4 aromatic rings. The van der Waals surface area contributed by atoms with Crippen molar-refractivity contribution in [1.29, 1.82) is 0 Å². The predicted molar refractivity (Wildman–Crippen MR) is 117 cm³/mol. The van der Waals surface area contributed by atoms with Gasteiger partial charge in [-0.2, -0.15) is 15.1 Å². The average molecular weight is 457 g/mol. The zero-order valence-corrected chi connectivity index (χ0v) is 18.8. The van der Waals surface area contributed by atoms with Crippen LogP contribution >= 0.6 is 11.6 Å². The summed E-state index contributed by atoms with van der Waals surface area (Å²) in [6, 6.07) is 7.18. The third kappa shape index (κ3) is 4.13. The third-order valence-corrected chi connectivity index (χ3v) is 4.56. The van der Waals surface area contributed by atoms with Crippen molar-refractivity contribution < 1.29 is 19.1 Å². The second kappa shape index (κ2) is 8.19. The number of carbonyl (C=O) groups is 2. The summed E-state index contributed by atoms with van der Waals surface area (Å²) >= 11 is 6.20. The number of carbonyl (C=O) groups excluding carboxylic acids is 2. The van der Waals surface area contributed by atoms with E-state index >= 15 is 0 Å². The van der Waals surface area contributed by atoms with E-state index in [1.807, 2.05) is 6.07 Å². The minimum atomic E-state index is -0.622. The van der Waals surface area contributed by atoms with Crippen molar-refractivity contribution in [3.8, 4) is 5.82 Å². The first-order valence-corrected chi connectivity index (χ1v) is 10.3. The van der Waals surface area contributed by atoms with Crippen LogP contribution in [0.25, 0.3) is 27.9 Å². The van der Waals surface area contributed by atoms with Gasteiger partial charge in [-0.05, 0) is 45.4 Å². The molecule has 0 unspecified atom stereocenters. The van der Waals surface area contributed by atoms with Crippen molar-refractivity contribution in [2.45, 2.75) is 39.8 Å². The lowest BCUT2D eigenvalue weighted by Gasteiger charge is -2.19. The molecule has 10 nitrogen and oxygen atoms in total. The van der Waals surface area contributed by atoms with Gasteiger partial charge in [-0.15, -0.1) is 0 Å². The van der Waals surface area contributed by atoms with E-state index in [-0.39, 0.29) is 29.9 Å². The van der Waals surface area contributed by atoms with Gasteiger partial charge in [0.15, 0.2) is 22.7 Å². The van der Waals surface area contributed by atoms with Gasteiger partial charge in [-0.1, -0.05) is 18.2 Å². The highest BCUT2D eigenvalue weighted by molar-refractivity contribution is 6.28. The molecule has 0 spiro atoms. The Kier molecular flexibility index (Phi) is 5.55. The number of rotatable bonds is 5. The van der Waals surface area contributed by atoms with E-state index in [9.17, 15) is 9.59 Å². The lowest BCUT2D eigenvalue weighted by molar-refractivity contribution is -0.155. The molecule has 4 rings (SSSR count). The maximum absolute atomic E-state index is 12.4. The Morgan fingerprint density at radius 2 is 1.91 bits per heavy atom. The molecule has 0 amide bonds. The van der Waals surface area contributed by atoms with Crippen molar-refractivity contribution in [1.82, 2.24) is 29.3 Å². The number of fused-ring (bicyclic) bond motifs is 2. The Balaban J connectivity index is 1.84. The Bertz CT molecular complexity index is 1340. The third-order valence-electron chi connectivity index (χ3n) is 4.39. The summed E-state index contributed by atoms with van der Waals surface area (Å²) in [5.74, 6) is -0.716. The summed E-state index contributed by atoms with van der Waals surface area (Å²) in [6.07, 6.45) is 1.46. The van der Waals surface area contributed by atoms with Gasteiger partial charge in [0.2, 0.25) is 5.28 Å². The molecule has 0 saturated heterocycles. The number of hydrogen-bond acceptors (Lipinski definition) is 8. The maximum atomic E-state index is 12.4. The number of esters is 2. The number of nitrogens with zero attached hydrogens (tertiary/aromatic N) is 6. The predicted octanol–water partition coefficient (Wildman–Crippen LogP) is 3.34. The minimum Gasteiger partial charge on any atom is -0.461 e. The first-order chi connectivity index (χ1) is 15.2. The summed E-state index contributed by atoms with van der Waals surface area (Å²) in [4.78, 5) is 37.7. The van der Waals surface area contributed by atoms with E-state index in [2.05, 4.69) is 20.1 Å². The minimum absolute atomic E-state index is 0.0595. The highest BCUT2D eigenvalue weighted by Crippen LogP contribution is 2.26. The van der Waals surface area contributed by atoms with Crippen molar-refractivity contribution in [2.24, 2.45) is 0 Å². The number of imidazole rings is 1. The molecule has 1 aromatic carbocycles. The lowest BCUT2D eigenvalue weighted by Crippen LogP contribution is -2.26. The largest absolute Gasteiger partial charge is 0.461 e. The Labute approximate surface area is 188 Å². The van der Waals surface area contributed by atoms with Crippen LogP contribution in [0, 0.1) is 0 Å². The summed E-state index contributed by atoms with van der Waals surface area (Å²) < 4.78 is 13.5. The smallest absolute Gasteiger partial charge is 0.359 e. The quantitative estimate of drug-likeness (QED) is 0.332. The van der Waals surface area contributed by atoms with E-state index in [0.717, 1.165) is 0 Å². The van der Waals surface area contributed by atoms with Gasteiger partial charge >= 0.3 is 11.9 Å². The molecule has 0 atom stereocenters. The Morgan fingerprint density at radius 1 is 1.16 bits per heavy atom. The zero-order valence-electron chi connectivity index (χ0n) is 18.0. The number of para-hydroxylation sites is 1. The first kappa shape index (κ1) is 21.7. The number of ether oxygens (including phenoxy) is 2. The van der Waals surface area contributed by atoms with Crippen LogP contribution in [0.3, 0.4) is 0 Å². The fourth-order valence-electron chi connectivity index (χ4n) is 3.26. The fourth-order valence-corrected chi connectivity index (χ4v) is 3.42. The van der Waals surface area contributed by atoms with Crippen LogP contribution in [-0.4, -0.2) is 53.4 Å². The van der Waals surface area contributed by atoms with Crippen molar-refractivity contribution in [3.63, 3.8) is 0 Å². The lowest BCUT2D eigenvalue weighted by atomic mass is 10.2. The second-order valence-electron chi connectivity index (χ2n) is 7.95. The molecule has 0 aliphatic carbocycles. The molecule has 3 aromatic heterocycles. The van der Waals surface area contributed by atoms with E-state index < -0.39 is 17.5 Å². The molecule has 0 radical (unpaired) electrons. The van der Waals surface area contributed by atoms with Crippen molar-refractivity contribution >= 4 is 45.6 Å². The molecule has 0 N–H and O–H groups in total. The SMILES string of the molecule is CCOC(=O)c1nn(-c2nc(Cl)nc3c2ncn3CC(=O)OC(C)(C)C)c2ccccc12. The van der Waals surface area contributed by atoms with E-state index in [1.165, 1.54) is 15.6 Å². The molecule has 0 fully saturated rings. The molecule has 0 aliphatic rings. The summed E-state index contributed by atoms with van der Waals surface area (Å²) in [5, 5.41) is 4.98. The van der Waals surface area contributed by atoms with E-state index in [1.54, 1.807) is 45.9 Å². The molecule has 11 heteroatoms. The van der Waals surface area contributed by atoms with Crippen LogP contribution in [0.5, 0.6) is 0 Å². The average Bonchev–Trinajstić information content (AvgIpc) is 3.28. The van der Waals surface area contributed by atoms with Crippen LogP contribution in [0.4, 0.5) is 0 Å². The van der Waals surface area contributed by atoms with Crippen LogP contribution in [0.15, 0.2) is 30.6 Å². The van der Waals surface area contributed by atoms with Crippen LogP contribution < -0.4 is 0 Å². The normalized spacial score (nSPS) is 11.8. The first-order valence-electron chi connectivity index (χ1n) is 9.93. The summed E-state index contributed by atoms with van der Waals surface area (Å²) in [5.41, 5.74) is 0.847. The van der Waals surface area contributed by atoms with Crippen LogP contribution in [0.2, 0.25) is 5.28 Å². The molecule has 32 heavy (non-hydrogen) atoms. The fraction of sp³-hybridized carbons (Fsp3) is 0.333. The number of aromatic nitrogens is 6. The van der Waals surface area contributed by atoms with Crippen LogP contribution in [-0.2, 0) is 20.8 Å². The molecule has 0 aliphatic heterocycles. The number of halogens is 1. The monoisotopic (exact) mass is 456 g/mol. The molecular formula is C21H21ClN6O4. The standard InChI is InChI=1S/C21H21ClN6O4/c1-5-31-19(30)15-12-8-6-7-9-13(12)28(26-15)18-16-17(24-20(22)25-18)27(11-23-16)10-14(29)32-21(2,3)4/h6-9,11H,5,10H2,1-4H3. The second-order valence-corrected chi connectivity index (χ2v) is 8.28. The van der Waals surface area contributed by atoms with Crippen LogP contribution in [0.1, 0.15) is 38.2 Å². The highest BCUT2D eigenvalue weighted by Gasteiger charge is 2.24. The molecular weight excluding hydrogens is 436 g/mol. The highest BCUT2D eigenvalue weighted by atomic mass is 35.5. The van der Waals surface area contributed by atoms with E-state index in [0.29, 0.717) is 22.1 Å². The zero-order chi connectivity index (χ0) is 23.0. The van der Waals surface area contributed by atoms with Gasteiger partial charge in [0, 0.05) is 5.39 Å². The van der Waals surface area contributed by atoms with Gasteiger partial charge in [-0.25, -0.2) is 14.5 Å². The molecule has 0 bridgehead atoms. The van der Waals surface area contributed by atoms with Gasteiger partial charge in [0.05, 0.1) is 18.5 Å². The van der Waals surface area contributed by atoms with Gasteiger partial charge in [0.25, 0.3) is 0 Å². The topological polar surface area (TPSA) is 114 Å². The molecule has 166 valence electrons. The van der Waals surface area contributed by atoms with Crippen molar-refractivity contribution in [3.05, 3.63) is 41.6 Å². The van der Waals surface area contributed by atoms with Crippen molar-refractivity contribution in [2.75, 3.05) is 6.61 Å². The summed E-state index contributed by atoms with van der Waals surface area (Å²) in [7, 11) is 0. The summed E-state index contributed by atoms with van der Waals surface area (Å²) in [6.45, 7) is 7.21. The maximum Gasteiger partial charge on any atom is 0.359 e. The Hall–Kier alpha value is -3.53. The van der Waals surface area contributed by atoms with Gasteiger partial charge in [-0.3, -0.25) is 4.79 Å². The van der Waals surface area contributed by atoms with Gasteiger partial charge < -0.3 is 14.0 Å². The number of benzene rings is 1. The van der Waals surface area contributed by atoms with Gasteiger partial charge in [0.1, 0.15) is 12.1 Å². The Morgan fingerprint density at radius 3 is 2.62 bits per heavy atom. The molecule has 0 saturated carbocycles.